The van der Waals surface area contributed by atoms with E-state index in [1.165, 1.54) is 0 Å². The van der Waals surface area contributed by atoms with Gasteiger partial charge in [-0.25, -0.2) is 8.42 Å². The quantitative estimate of drug-likeness (QED) is 0.766. The van der Waals surface area contributed by atoms with Gasteiger partial charge < -0.3 is 10.6 Å². The molecule has 0 amide bonds. The van der Waals surface area contributed by atoms with Crippen molar-refractivity contribution in [2.75, 3.05) is 26.4 Å². The highest BCUT2D eigenvalue weighted by atomic mass is 32.2. The van der Waals surface area contributed by atoms with Crippen LogP contribution in [0.3, 0.4) is 0 Å². The highest BCUT2D eigenvalue weighted by molar-refractivity contribution is 7.90. The lowest BCUT2D eigenvalue weighted by atomic mass is 10.1. The number of hydrogen-bond acceptors (Lipinski definition) is 4. The van der Waals surface area contributed by atoms with E-state index in [0.29, 0.717) is 11.4 Å². The molecular weight excluding hydrogens is 280 g/mol. The van der Waals surface area contributed by atoms with Gasteiger partial charge >= 0.3 is 0 Å². The molecule has 0 atom stereocenters. The molecule has 0 saturated heterocycles. The maximum Gasteiger partial charge on any atom is 0.154 e. The fraction of sp³-hybridized carbons (Fsp3) is 0.462. The van der Waals surface area contributed by atoms with Crippen LogP contribution in [0.2, 0.25) is 0 Å². The molecule has 0 saturated carbocycles. The summed E-state index contributed by atoms with van der Waals surface area (Å²) in [7, 11) is 0.809. The first-order chi connectivity index (χ1) is 8.80. The first-order valence-electron chi connectivity index (χ1n) is 6.04. The second kappa shape index (κ2) is 6.98. The van der Waals surface area contributed by atoms with E-state index in [0.717, 1.165) is 17.7 Å². The van der Waals surface area contributed by atoms with Crippen LogP contribution in [-0.4, -0.2) is 44.7 Å². The van der Waals surface area contributed by atoms with Gasteiger partial charge in [0, 0.05) is 5.56 Å². The van der Waals surface area contributed by atoms with Crippen molar-refractivity contribution < 1.29 is 8.42 Å². The number of rotatable bonds is 7. The Morgan fingerprint density at radius 3 is 2.32 bits per heavy atom. The van der Waals surface area contributed by atoms with Crippen LogP contribution < -0.4 is 5.73 Å². The number of nitrogens with two attached hydrogens (primary N) is 1. The Morgan fingerprint density at radius 2 is 1.84 bits per heavy atom. The minimum absolute atomic E-state index is 0.0675. The molecule has 0 bridgehead atoms. The van der Waals surface area contributed by atoms with E-state index in [2.05, 4.69) is 0 Å². The van der Waals surface area contributed by atoms with Crippen molar-refractivity contribution in [3.63, 3.8) is 0 Å². The third-order valence-electron chi connectivity index (χ3n) is 2.69. The average molecular weight is 300 g/mol. The molecule has 19 heavy (non-hydrogen) atoms. The summed E-state index contributed by atoms with van der Waals surface area (Å²) in [6.07, 6.45) is 0.653. The predicted molar refractivity (Wildman–Crippen MR) is 83.0 cm³/mol. The van der Waals surface area contributed by atoms with E-state index in [4.69, 9.17) is 18.0 Å². The van der Waals surface area contributed by atoms with Gasteiger partial charge in [-0.2, -0.15) is 0 Å². The van der Waals surface area contributed by atoms with Crippen molar-refractivity contribution in [3.8, 4) is 0 Å². The normalized spacial score (nSPS) is 11.7. The predicted octanol–water partition coefficient (Wildman–Crippen LogP) is 1.19. The van der Waals surface area contributed by atoms with E-state index in [1.54, 1.807) is 24.3 Å². The number of hydrogen-bond donors (Lipinski definition) is 1. The van der Waals surface area contributed by atoms with Crippen LogP contribution in [0.4, 0.5) is 0 Å². The summed E-state index contributed by atoms with van der Waals surface area (Å²) in [5.74, 6) is 0.278. The first-order valence-corrected chi connectivity index (χ1v) is 8.27. The SMILES string of the molecule is CN(C)CCCS(=O)(=O)Cc1ccc(C(N)=S)cc1. The Morgan fingerprint density at radius 1 is 1.26 bits per heavy atom. The van der Waals surface area contributed by atoms with Crippen LogP contribution >= 0.6 is 12.2 Å². The molecule has 0 aliphatic rings. The standard InChI is InChI=1S/C13H20N2O2S2/c1-15(2)8-3-9-19(16,17)10-11-4-6-12(7-5-11)13(14)18/h4-7H,3,8-10H2,1-2H3,(H2,14,18). The van der Waals surface area contributed by atoms with Gasteiger partial charge in [-0.1, -0.05) is 36.5 Å². The second-order valence-corrected chi connectivity index (χ2v) is 7.43. The zero-order chi connectivity index (χ0) is 14.5. The van der Waals surface area contributed by atoms with Crippen LogP contribution in [-0.2, 0) is 15.6 Å². The monoisotopic (exact) mass is 300 g/mol. The van der Waals surface area contributed by atoms with Crippen molar-refractivity contribution in [1.29, 1.82) is 0 Å². The molecule has 0 unspecified atom stereocenters. The summed E-state index contributed by atoms with van der Waals surface area (Å²) < 4.78 is 23.9. The molecule has 6 heteroatoms. The minimum Gasteiger partial charge on any atom is -0.389 e. The molecule has 2 N–H and O–H groups in total. The number of benzene rings is 1. The van der Waals surface area contributed by atoms with Crippen LogP contribution in [0.5, 0.6) is 0 Å². The largest absolute Gasteiger partial charge is 0.389 e. The van der Waals surface area contributed by atoms with E-state index in [1.807, 2.05) is 19.0 Å². The number of sulfone groups is 1. The Hall–Kier alpha value is -0.980. The minimum atomic E-state index is -3.05. The fourth-order valence-electron chi connectivity index (χ4n) is 1.69. The van der Waals surface area contributed by atoms with Crippen molar-refractivity contribution in [3.05, 3.63) is 35.4 Å². The van der Waals surface area contributed by atoms with Gasteiger partial charge in [0.2, 0.25) is 0 Å². The molecule has 4 nitrogen and oxygen atoms in total. The molecule has 0 heterocycles. The molecule has 0 aliphatic carbocycles. The van der Waals surface area contributed by atoms with Gasteiger partial charge in [-0.15, -0.1) is 0 Å². The first kappa shape index (κ1) is 16.1. The summed E-state index contributed by atoms with van der Waals surface area (Å²) in [4.78, 5) is 2.30. The Labute approximate surface area is 120 Å². The van der Waals surface area contributed by atoms with Crippen molar-refractivity contribution in [2.24, 2.45) is 5.73 Å². The maximum absolute atomic E-state index is 11.9. The van der Waals surface area contributed by atoms with Gasteiger partial charge in [0.1, 0.15) is 4.99 Å². The van der Waals surface area contributed by atoms with Crippen LogP contribution in [0, 0.1) is 0 Å². The Balaban J connectivity index is 2.60. The van der Waals surface area contributed by atoms with Gasteiger partial charge in [-0.05, 0) is 32.6 Å². The van der Waals surface area contributed by atoms with Crippen LogP contribution in [0.15, 0.2) is 24.3 Å². The average Bonchev–Trinajstić information content (AvgIpc) is 2.28. The number of nitrogens with zero attached hydrogens (tertiary/aromatic N) is 1. The van der Waals surface area contributed by atoms with E-state index in [9.17, 15) is 8.42 Å². The zero-order valence-corrected chi connectivity index (χ0v) is 12.9. The molecular formula is C13H20N2O2S2. The molecule has 1 rings (SSSR count). The molecule has 106 valence electrons. The molecule has 1 aromatic rings. The molecule has 1 aromatic carbocycles. The third-order valence-corrected chi connectivity index (χ3v) is 4.61. The number of thiocarbonyl (C=S) groups is 1. The van der Waals surface area contributed by atoms with E-state index < -0.39 is 9.84 Å². The lowest BCUT2D eigenvalue weighted by Crippen LogP contribution is -2.18. The van der Waals surface area contributed by atoms with Gasteiger partial charge in [0.15, 0.2) is 9.84 Å². The molecule has 0 fully saturated rings. The van der Waals surface area contributed by atoms with E-state index in [-0.39, 0.29) is 11.5 Å². The lowest BCUT2D eigenvalue weighted by molar-refractivity contribution is 0.408. The van der Waals surface area contributed by atoms with Crippen molar-refractivity contribution in [2.45, 2.75) is 12.2 Å². The third kappa shape index (κ3) is 6.13. The maximum atomic E-state index is 11.9. The molecule has 0 spiro atoms. The summed E-state index contributed by atoms with van der Waals surface area (Å²) in [5.41, 5.74) is 7.02. The van der Waals surface area contributed by atoms with Crippen molar-refractivity contribution in [1.82, 2.24) is 4.90 Å². The fourth-order valence-corrected chi connectivity index (χ4v) is 3.24. The van der Waals surface area contributed by atoms with Crippen LogP contribution in [0.1, 0.15) is 17.5 Å². The second-order valence-electron chi connectivity index (χ2n) is 4.81. The summed E-state index contributed by atoms with van der Waals surface area (Å²) >= 11 is 4.85. The van der Waals surface area contributed by atoms with Crippen LogP contribution in [0.25, 0.3) is 0 Å². The highest BCUT2D eigenvalue weighted by Crippen LogP contribution is 2.10. The summed E-state index contributed by atoms with van der Waals surface area (Å²) in [6.45, 7) is 0.777. The molecule has 0 aromatic heterocycles. The molecule has 0 aliphatic heterocycles. The van der Waals surface area contributed by atoms with Gasteiger partial charge in [0.25, 0.3) is 0 Å². The Kier molecular flexibility index (Phi) is 5.90. The Bertz CT molecular complexity index is 522. The van der Waals surface area contributed by atoms with Gasteiger partial charge in [-0.3, -0.25) is 0 Å². The molecule has 0 radical (unpaired) electrons. The lowest BCUT2D eigenvalue weighted by Gasteiger charge is -2.09. The summed E-state index contributed by atoms with van der Waals surface area (Å²) in [6, 6.07) is 7.04. The zero-order valence-electron chi connectivity index (χ0n) is 11.3. The highest BCUT2D eigenvalue weighted by Gasteiger charge is 2.12. The van der Waals surface area contributed by atoms with E-state index >= 15 is 0 Å². The summed E-state index contributed by atoms with van der Waals surface area (Å²) in [5, 5.41) is 0. The van der Waals surface area contributed by atoms with Crippen molar-refractivity contribution >= 4 is 27.0 Å². The topological polar surface area (TPSA) is 63.4 Å². The smallest absolute Gasteiger partial charge is 0.154 e. The van der Waals surface area contributed by atoms with Gasteiger partial charge in [0.05, 0.1) is 11.5 Å².